The minimum Gasteiger partial charge on any atom is -0.385 e. The average Bonchev–Trinajstić information content (AvgIpc) is 3.25. The Kier molecular flexibility index (Phi) is 6.32. The van der Waals surface area contributed by atoms with Gasteiger partial charge in [-0.05, 0) is 44.0 Å². The van der Waals surface area contributed by atoms with E-state index in [4.69, 9.17) is 9.26 Å². The van der Waals surface area contributed by atoms with Gasteiger partial charge in [-0.15, -0.1) is 0 Å². The van der Waals surface area contributed by atoms with Crippen LogP contribution in [0, 0.1) is 12.7 Å². The van der Waals surface area contributed by atoms with Gasteiger partial charge in [0, 0.05) is 31.5 Å². The van der Waals surface area contributed by atoms with Crippen LogP contribution in [0.15, 0.2) is 58.8 Å². The summed E-state index contributed by atoms with van der Waals surface area (Å²) < 4.78 is 24.8. The largest absolute Gasteiger partial charge is 0.385 e. The van der Waals surface area contributed by atoms with Crippen LogP contribution in [0.25, 0.3) is 17.0 Å². The number of hydrogen-bond donors (Lipinski definition) is 1. The van der Waals surface area contributed by atoms with Gasteiger partial charge in [0.15, 0.2) is 0 Å². The number of nitrogens with one attached hydrogen (secondary N) is 1. The molecular formula is C24H25FN4O3. The molecule has 8 heteroatoms. The predicted molar refractivity (Wildman–Crippen MR) is 118 cm³/mol. The number of aromatic nitrogens is 2. The van der Waals surface area contributed by atoms with Gasteiger partial charge in [-0.2, -0.15) is 4.98 Å². The fourth-order valence-corrected chi connectivity index (χ4v) is 3.87. The van der Waals surface area contributed by atoms with E-state index in [2.05, 4.69) is 15.5 Å². The highest BCUT2D eigenvalue weighted by Crippen LogP contribution is 2.37. The maximum absolute atomic E-state index is 14.0. The highest BCUT2D eigenvalue weighted by molar-refractivity contribution is 5.86. The lowest BCUT2D eigenvalue weighted by atomic mass is 9.94. The average molecular weight is 436 g/mol. The zero-order valence-electron chi connectivity index (χ0n) is 18.3. The molecule has 0 saturated carbocycles. The minimum atomic E-state index is -0.623. The number of methoxy groups -OCH3 is 1. The van der Waals surface area contributed by atoms with Crippen LogP contribution in [0.4, 0.5) is 9.18 Å². The number of carbonyl (C=O) groups excluding carboxylic acids is 1. The summed E-state index contributed by atoms with van der Waals surface area (Å²) in [4.78, 5) is 19.1. The molecule has 166 valence electrons. The SMILES string of the molecule is COCCCN1C(=O)NC(c2cccc(F)c2)C(c2nc(-c3cccc(C)c3)no2)=C1C. The molecule has 0 radical (unpaired) electrons. The lowest BCUT2D eigenvalue weighted by molar-refractivity contribution is 0.174. The maximum Gasteiger partial charge on any atom is 0.322 e. The molecule has 1 aliphatic heterocycles. The van der Waals surface area contributed by atoms with Crippen molar-refractivity contribution in [2.75, 3.05) is 20.3 Å². The molecule has 1 aliphatic rings. The first kappa shape index (κ1) is 21.7. The molecule has 0 fully saturated rings. The van der Waals surface area contributed by atoms with Crippen molar-refractivity contribution in [1.29, 1.82) is 0 Å². The first-order chi connectivity index (χ1) is 15.5. The topological polar surface area (TPSA) is 80.5 Å². The van der Waals surface area contributed by atoms with Crippen molar-refractivity contribution in [3.8, 4) is 11.4 Å². The van der Waals surface area contributed by atoms with Crippen LogP contribution < -0.4 is 5.32 Å². The molecule has 2 heterocycles. The molecule has 1 N–H and O–H groups in total. The molecule has 0 aliphatic carbocycles. The molecule has 1 unspecified atom stereocenters. The van der Waals surface area contributed by atoms with Crippen LogP contribution in [0.5, 0.6) is 0 Å². The van der Waals surface area contributed by atoms with Gasteiger partial charge >= 0.3 is 6.03 Å². The number of ether oxygens (including phenoxy) is 1. The second kappa shape index (κ2) is 9.32. The van der Waals surface area contributed by atoms with Crippen LogP contribution in [-0.4, -0.2) is 41.3 Å². The second-order valence-electron chi connectivity index (χ2n) is 7.73. The molecule has 4 rings (SSSR count). The van der Waals surface area contributed by atoms with Crippen molar-refractivity contribution in [2.45, 2.75) is 26.3 Å². The predicted octanol–water partition coefficient (Wildman–Crippen LogP) is 4.72. The van der Waals surface area contributed by atoms with E-state index in [1.54, 1.807) is 24.1 Å². The number of nitrogens with zero attached hydrogens (tertiary/aromatic N) is 3. The standard InChI is InChI=1S/C24H25FN4O3/c1-15-7-4-9-18(13-15)22-27-23(32-28-22)20-16(2)29(11-6-12-31-3)24(30)26-21(20)17-8-5-10-19(25)14-17/h4-5,7-10,13-14,21H,6,11-12H2,1-3H3,(H,26,30). The van der Waals surface area contributed by atoms with Crippen LogP contribution >= 0.6 is 0 Å². The van der Waals surface area contributed by atoms with Gasteiger partial charge in [-0.1, -0.05) is 41.1 Å². The number of carbonyl (C=O) groups is 1. The van der Waals surface area contributed by atoms with E-state index in [0.717, 1.165) is 11.1 Å². The van der Waals surface area contributed by atoms with Gasteiger partial charge in [0.1, 0.15) is 5.82 Å². The molecule has 1 aromatic heterocycles. The molecule has 1 atom stereocenters. The van der Waals surface area contributed by atoms with E-state index in [0.29, 0.717) is 42.2 Å². The number of hydrogen-bond acceptors (Lipinski definition) is 5. The third kappa shape index (κ3) is 4.40. The molecule has 2 aromatic carbocycles. The minimum absolute atomic E-state index is 0.268. The van der Waals surface area contributed by atoms with E-state index < -0.39 is 6.04 Å². The lowest BCUT2D eigenvalue weighted by Crippen LogP contribution is -2.46. The van der Waals surface area contributed by atoms with Crippen LogP contribution in [-0.2, 0) is 4.74 Å². The summed E-state index contributed by atoms with van der Waals surface area (Å²) in [5, 5.41) is 7.12. The highest BCUT2D eigenvalue weighted by Gasteiger charge is 2.35. The second-order valence-corrected chi connectivity index (χ2v) is 7.73. The Morgan fingerprint density at radius 3 is 2.75 bits per heavy atom. The Morgan fingerprint density at radius 1 is 1.19 bits per heavy atom. The van der Waals surface area contributed by atoms with Crippen molar-refractivity contribution in [1.82, 2.24) is 20.4 Å². The number of amides is 2. The number of allylic oxidation sites excluding steroid dienone is 1. The third-order valence-corrected chi connectivity index (χ3v) is 5.44. The van der Waals surface area contributed by atoms with Gasteiger partial charge in [-0.25, -0.2) is 9.18 Å². The van der Waals surface area contributed by atoms with Crippen LogP contribution in [0.3, 0.4) is 0 Å². The van der Waals surface area contributed by atoms with Crippen LogP contribution in [0.2, 0.25) is 0 Å². The molecule has 0 saturated heterocycles. The van der Waals surface area contributed by atoms with Gasteiger partial charge in [0.05, 0.1) is 11.6 Å². The van der Waals surface area contributed by atoms with Gasteiger partial charge in [0.25, 0.3) is 5.89 Å². The Labute approximate surface area is 185 Å². The molecule has 0 spiro atoms. The van der Waals surface area contributed by atoms with Crippen molar-refractivity contribution in [3.05, 3.63) is 77.1 Å². The molecular weight excluding hydrogens is 411 g/mol. The van der Waals surface area contributed by atoms with E-state index in [9.17, 15) is 9.18 Å². The van der Waals surface area contributed by atoms with Gasteiger partial charge in [-0.3, -0.25) is 4.90 Å². The smallest absolute Gasteiger partial charge is 0.322 e. The van der Waals surface area contributed by atoms with Crippen molar-refractivity contribution >= 4 is 11.6 Å². The Hall–Kier alpha value is -3.52. The molecule has 0 bridgehead atoms. The third-order valence-electron chi connectivity index (χ3n) is 5.44. The van der Waals surface area contributed by atoms with E-state index in [1.165, 1.54) is 12.1 Å². The lowest BCUT2D eigenvalue weighted by Gasteiger charge is -2.35. The van der Waals surface area contributed by atoms with Gasteiger partial charge in [0.2, 0.25) is 5.82 Å². The number of aryl methyl sites for hydroxylation is 1. The Morgan fingerprint density at radius 2 is 2.00 bits per heavy atom. The summed E-state index contributed by atoms with van der Waals surface area (Å²) in [5.41, 5.74) is 3.82. The van der Waals surface area contributed by atoms with Crippen LogP contribution in [0.1, 0.15) is 36.4 Å². The fraction of sp³-hybridized carbons (Fsp3) is 0.292. The number of rotatable bonds is 7. The van der Waals surface area contributed by atoms with Crippen molar-refractivity contribution in [3.63, 3.8) is 0 Å². The Balaban J connectivity index is 1.78. The number of urea groups is 1. The summed E-state index contributed by atoms with van der Waals surface area (Å²) >= 11 is 0. The zero-order chi connectivity index (χ0) is 22.7. The molecule has 2 amide bonds. The van der Waals surface area contributed by atoms with Crippen molar-refractivity contribution < 1.29 is 18.4 Å². The zero-order valence-corrected chi connectivity index (χ0v) is 18.3. The normalized spacial score (nSPS) is 16.4. The van der Waals surface area contributed by atoms with E-state index in [-0.39, 0.29) is 17.7 Å². The quantitative estimate of drug-likeness (QED) is 0.542. The van der Waals surface area contributed by atoms with E-state index >= 15 is 0 Å². The van der Waals surface area contributed by atoms with E-state index in [1.807, 2.05) is 38.1 Å². The highest BCUT2D eigenvalue weighted by atomic mass is 19.1. The summed E-state index contributed by atoms with van der Waals surface area (Å²) in [5.74, 6) is 0.345. The molecule has 32 heavy (non-hydrogen) atoms. The molecule has 3 aromatic rings. The molecule has 7 nitrogen and oxygen atoms in total. The summed E-state index contributed by atoms with van der Waals surface area (Å²) in [6.45, 7) is 4.82. The summed E-state index contributed by atoms with van der Waals surface area (Å²) in [6.07, 6.45) is 0.664. The van der Waals surface area contributed by atoms with Gasteiger partial charge < -0.3 is 14.6 Å². The summed E-state index contributed by atoms with van der Waals surface area (Å²) in [7, 11) is 1.62. The number of benzene rings is 2. The first-order valence-electron chi connectivity index (χ1n) is 10.4. The number of halogens is 1. The van der Waals surface area contributed by atoms with Crippen molar-refractivity contribution in [2.24, 2.45) is 0 Å². The first-order valence-corrected chi connectivity index (χ1v) is 10.4. The summed E-state index contributed by atoms with van der Waals surface area (Å²) in [6, 6.07) is 13.1. The Bertz CT molecular complexity index is 1160. The monoisotopic (exact) mass is 436 g/mol. The fourth-order valence-electron chi connectivity index (χ4n) is 3.87. The maximum atomic E-state index is 14.0.